The molecule has 0 unspecified atom stereocenters. The predicted octanol–water partition coefficient (Wildman–Crippen LogP) is 3.71. The summed E-state index contributed by atoms with van der Waals surface area (Å²) in [6, 6.07) is -0.624. The first-order chi connectivity index (χ1) is 11.6. The highest BCUT2D eigenvalue weighted by Gasteiger charge is 2.37. The van der Waals surface area contributed by atoms with Crippen LogP contribution >= 0.6 is 0 Å². The molecule has 0 aromatic heterocycles. The fourth-order valence-corrected chi connectivity index (χ4v) is 4.67. The third kappa shape index (κ3) is 2.79. The van der Waals surface area contributed by atoms with Gasteiger partial charge in [0, 0.05) is 10.4 Å². The Labute approximate surface area is 135 Å². The van der Waals surface area contributed by atoms with Gasteiger partial charge in [-0.2, -0.15) is 0 Å². The van der Waals surface area contributed by atoms with E-state index in [0.29, 0.717) is 0 Å². The van der Waals surface area contributed by atoms with E-state index < -0.39 is 83.4 Å². The van der Waals surface area contributed by atoms with Crippen molar-refractivity contribution in [1.82, 2.24) is 0 Å². The molecule has 1 radical (unpaired) electrons. The highest BCUT2D eigenvalue weighted by atomic mass is 28.3. The highest BCUT2D eigenvalue weighted by molar-refractivity contribution is 6.85. The van der Waals surface area contributed by atoms with Gasteiger partial charge in [-0.1, -0.05) is 13.0 Å². The van der Waals surface area contributed by atoms with Crippen LogP contribution in [0.5, 0.6) is 0 Å². The predicted molar refractivity (Wildman–Crippen MR) is 68.0 cm³/mol. The van der Waals surface area contributed by atoms with Gasteiger partial charge in [0.25, 0.3) is 0 Å². The van der Waals surface area contributed by atoms with Crippen LogP contribution in [0.15, 0.2) is 0 Å². The topological polar surface area (TPSA) is 0 Å². The van der Waals surface area contributed by atoms with Crippen LogP contribution in [0.25, 0.3) is 0 Å². The van der Waals surface area contributed by atoms with Crippen LogP contribution in [0, 0.1) is 58.2 Å². The van der Waals surface area contributed by atoms with Crippen molar-refractivity contribution in [3.63, 3.8) is 0 Å². The van der Waals surface area contributed by atoms with E-state index in [0.717, 1.165) is 6.92 Å². The second-order valence-electron chi connectivity index (χ2n) is 4.72. The summed E-state index contributed by atoms with van der Waals surface area (Å²) in [5.74, 6) is -24.0. The molecule has 0 N–H and O–H groups in total. The lowest BCUT2D eigenvalue weighted by atomic mass is 10.3. The quantitative estimate of drug-likeness (QED) is 0.324. The van der Waals surface area contributed by atoms with Crippen molar-refractivity contribution >= 4 is 19.2 Å². The van der Waals surface area contributed by atoms with Gasteiger partial charge in [0.05, 0.1) is 0 Å². The maximum atomic E-state index is 13.9. The lowest BCUT2D eigenvalue weighted by Crippen LogP contribution is -2.50. The fourth-order valence-electron chi connectivity index (χ4n) is 2.22. The van der Waals surface area contributed by atoms with E-state index in [9.17, 15) is 43.9 Å². The lowest BCUT2D eigenvalue weighted by Gasteiger charge is -2.18. The molecule has 0 fully saturated rings. The third-order valence-corrected chi connectivity index (χ3v) is 6.17. The SMILES string of the molecule is CC[Si](c1c(F)c(F)c(F)c(F)c1F)c1c(F)c(F)c(F)c(F)c1F. The van der Waals surface area contributed by atoms with E-state index in [1.807, 2.05) is 0 Å². The molecule has 0 spiro atoms. The molecule has 2 rings (SSSR count). The summed E-state index contributed by atoms with van der Waals surface area (Å²) < 4.78 is 135. The number of hydrogen-bond acceptors (Lipinski definition) is 0. The minimum Gasteiger partial charge on any atom is -0.204 e. The molecule has 135 valence electrons. The second-order valence-corrected chi connectivity index (χ2v) is 7.39. The van der Waals surface area contributed by atoms with Crippen LogP contribution in [-0.2, 0) is 0 Å². The van der Waals surface area contributed by atoms with Crippen LogP contribution in [0.3, 0.4) is 0 Å². The maximum Gasteiger partial charge on any atom is 0.200 e. The zero-order valence-corrected chi connectivity index (χ0v) is 13.0. The first-order valence-electron chi connectivity index (χ1n) is 6.45. The second kappa shape index (κ2) is 6.69. The Morgan fingerprint density at radius 3 is 0.840 bits per heavy atom. The number of rotatable bonds is 3. The standard InChI is InChI=1S/C14H5F10Si/c1-2-25(13-9(21)5(17)3(15)6(18)10(13)22)14-11(23)7(19)4(16)8(20)12(14)24/h2H2,1H3. The molecule has 0 saturated heterocycles. The first-order valence-corrected chi connectivity index (χ1v) is 8.16. The van der Waals surface area contributed by atoms with Gasteiger partial charge >= 0.3 is 0 Å². The van der Waals surface area contributed by atoms with Gasteiger partial charge in [-0.3, -0.25) is 0 Å². The van der Waals surface area contributed by atoms with Crippen molar-refractivity contribution in [2.45, 2.75) is 13.0 Å². The van der Waals surface area contributed by atoms with Crippen molar-refractivity contribution < 1.29 is 43.9 Å². The fraction of sp³-hybridized carbons (Fsp3) is 0.143. The Morgan fingerprint density at radius 1 is 0.440 bits per heavy atom. The molecule has 0 aliphatic rings. The zero-order chi connectivity index (χ0) is 19.2. The highest BCUT2D eigenvalue weighted by Crippen LogP contribution is 2.21. The Hall–Kier alpha value is -2.04. The molecule has 25 heavy (non-hydrogen) atoms. The molecule has 0 nitrogen and oxygen atoms in total. The van der Waals surface area contributed by atoms with Crippen LogP contribution in [-0.4, -0.2) is 8.80 Å². The first kappa shape index (κ1) is 19.3. The van der Waals surface area contributed by atoms with Crippen LogP contribution in [0.4, 0.5) is 43.9 Å². The molecule has 2 aromatic rings. The van der Waals surface area contributed by atoms with E-state index in [-0.39, 0.29) is 0 Å². The summed E-state index contributed by atoms with van der Waals surface area (Å²) >= 11 is 0. The summed E-state index contributed by atoms with van der Waals surface area (Å²) in [6.45, 7) is 1.05. The molecule has 2 aromatic carbocycles. The minimum atomic E-state index is -3.57. The van der Waals surface area contributed by atoms with E-state index in [2.05, 4.69) is 0 Å². The van der Waals surface area contributed by atoms with Crippen molar-refractivity contribution in [2.24, 2.45) is 0 Å². The van der Waals surface area contributed by atoms with Gasteiger partial charge in [0.2, 0.25) is 11.6 Å². The smallest absolute Gasteiger partial charge is 0.200 e. The Balaban J connectivity index is 2.90. The van der Waals surface area contributed by atoms with Gasteiger partial charge in [-0.05, 0) is 0 Å². The summed E-state index contributed by atoms with van der Waals surface area (Å²) in [7, 11) is -3.57. The van der Waals surface area contributed by atoms with E-state index in [4.69, 9.17) is 0 Å². The number of hydrogen-bond donors (Lipinski definition) is 0. The average Bonchev–Trinajstić information content (AvgIpc) is 2.60. The zero-order valence-electron chi connectivity index (χ0n) is 12.0. The van der Waals surface area contributed by atoms with E-state index in [1.54, 1.807) is 0 Å². The van der Waals surface area contributed by atoms with Crippen LogP contribution in [0.2, 0.25) is 6.04 Å². The average molecular weight is 391 g/mol. The molecule has 0 saturated carbocycles. The molecule has 0 amide bonds. The summed E-state index contributed by atoms with van der Waals surface area (Å²) in [5.41, 5.74) is 0. The Bertz CT molecular complexity index is 736. The van der Waals surface area contributed by atoms with Crippen LogP contribution < -0.4 is 10.4 Å². The van der Waals surface area contributed by atoms with Crippen molar-refractivity contribution in [1.29, 1.82) is 0 Å². The molecule has 0 aliphatic heterocycles. The molecule has 0 heterocycles. The normalized spacial score (nSPS) is 11.5. The molecule has 0 atom stereocenters. The summed E-state index contributed by atoms with van der Waals surface area (Å²) in [6.07, 6.45) is 0. The van der Waals surface area contributed by atoms with Gasteiger partial charge < -0.3 is 0 Å². The van der Waals surface area contributed by atoms with Gasteiger partial charge in [-0.25, -0.2) is 43.9 Å². The van der Waals surface area contributed by atoms with Crippen molar-refractivity contribution in [3.8, 4) is 0 Å². The lowest BCUT2D eigenvalue weighted by molar-refractivity contribution is 0.382. The molecule has 11 heteroatoms. The van der Waals surface area contributed by atoms with Gasteiger partial charge in [-0.15, -0.1) is 0 Å². The van der Waals surface area contributed by atoms with Crippen molar-refractivity contribution in [2.75, 3.05) is 0 Å². The molecular weight excluding hydrogens is 386 g/mol. The summed E-state index contributed by atoms with van der Waals surface area (Å²) in [5, 5.41) is -3.18. The maximum absolute atomic E-state index is 13.9. The number of halogens is 10. The number of benzene rings is 2. The minimum absolute atomic E-state index is 0.624. The Kier molecular flexibility index (Phi) is 5.16. The van der Waals surface area contributed by atoms with E-state index >= 15 is 0 Å². The molecular formula is C14H5F10Si. The van der Waals surface area contributed by atoms with Crippen molar-refractivity contribution in [3.05, 3.63) is 58.2 Å². The molecule has 0 aliphatic carbocycles. The Morgan fingerprint density at radius 2 is 0.640 bits per heavy atom. The third-order valence-electron chi connectivity index (χ3n) is 3.38. The summed E-state index contributed by atoms with van der Waals surface area (Å²) in [4.78, 5) is 0. The van der Waals surface area contributed by atoms with Crippen LogP contribution in [0.1, 0.15) is 6.92 Å². The van der Waals surface area contributed by atoms with Gasteiger partial charge in [0.1, 0.15) is 8.80 Å². The largest absolute Gasteiger partial charge is 0.204 e. The van der Waals surface area contributed by atoms with E-state index in [1.165, 1.54) is 0 Å². The van der Waals surface area contributed by atoms with Gasteiger partial charge in [0.15, 0.2) is 46.5 Å². The monoisotopic (exact) mass is 391 g/mol. The molecule has 0 bridgehead atoms.